The van der Waals surface area contributed by atoms with Crippen LogP contribution >= 0.6 is 0 Å². The number of hydrogen-bond donors (Lipinski definition) is 1. The molecule has 1 aromatic carbocycles. The van der Waals surface area contributed by atoms with E-state index in [1.54, 1.807) is 17.0 Å². The topological polar surface area (TPSA) is 66.5 Å². The highest BCUT2D eigenvalue weighted by atomic mass is 32.2. The molecule has 120 valence electrons. The predicted octanol–water partition coefficient (Wildman–Crippen LogP) is 2.52. The first-order valence-electron chi connectivity index (χ1n) is 7.82. The molecule has 0 spiro atoms. The molecule has 1 saturated carbocycles. The van der Waals surface area contributed by atoms with Gasteiger partial charge >= 0.3 is 6.03 Å². The minimum absolute atomic E-state index is 0.129. The maximum Gasteiger partial charge on any atom is 0.331 e. The first kappa shape index (κ1) is 15.3. The summed E-state index contributed by atoms with van der Waals surface area (Å²) in [6, 6.07) is 6.02. The number of aryl methyl sites for hydroxylation is 1. The molecule has 2 bridgehead atoms. The van der Waals surface area contributed by atoms with Gasteiger partial charge in [-0.1, -0.05) is 17.7 Å². The van der Waals surface area contributed by atoms with E-state index in [-0.39, 0.29) is 4.90 Å². The number of nitrogens with zero attached hydrogens (tertiary/aromatic N) is 1. The summed E-state index contributed by atoms with van der Waals surface area (Å²) in [5.41, 5.74) is 0.981. The van der Waals surface area contributed by atoms with E-state index < -0.39 is 16.1 Å². The van der Waals surface area contributed by atoms with Gasteiger partial charge < -0.3 is 4.90 Å². The Bertz CT molecular complexity index is 632. The van der Waals surface area contributed by atoms with E-state index in [1.807, 2.05) is 6.92 Å². The lowest BCUT2D eigenvalue weighted by Gasteiger charge is -2.22. The molecule has 2 aliphatic heterocycles. The van der Waals surface area contributed by atoms with Crippen molar-refractivity contribution < 1.29 is 13.2 Å². The normalized spacial score (nSPS) is 24.9. The van der Waals surface area contributed by atoms with Crippen molar-refractivity contribution in [1.82, 2.24) is 9.62 Å². The number of benzene rings is 1. The molecule has 3 aliphatic rings. The SMILES string of the molecule is Cc1ccc(S(=O)(=O)NC(=O)N2CC3CCC(CC3)C2)cc1. The second kappa shape index (κ2) is 5.91. The Balaban J connectivity index is 1.71. The molecule has 0 unspecified atom stereocenters. The van der Waals surface area contributed by atoms with Gasteiger partial charge in [0.25, 0.3) is 10.0 Å². The molecule has 2 heterocycles. The van der Waals surface area contributed by atoms with E-state index in [4.69, 9.17) is 0 Å². The molecule has 1 N–H and O–H groups in total. The summed E-state index contributed by atoms with van der Waals surface area (Å²) in [4.78, 5) is 14.2. The van der Waals surface area contributed by atoms with Crippen LogP contribution in [0.4, 0.5) is 4.79 Å². The zero-order chi connectivity index (χ0) is 15.7. The lowest BCUT2D eigenvalue weighted by molar-refractivity contribution is 0.198. The summed E-state index contributed by atoms with van der Waals surface area (Å²) < 4.78 is 26.8. The summed E-state index contributed by atoms with van der Waals surface area (Å²) in [5, 5.41) is 0. The Morgan fingerprint density at radius 3 is 2.05 bits per heavy atom. The predicted molar refractivity (Wildman–Crippen MR) is 83.9 cm³/mol. The smallest absolute Gasteiger partial charge is 0.323 e. The zero-order valence-electron chi connectivity index (χ0n) is 12.8. The molecule has 2 amide bonds. The van der Waals surface area contributed by atoms with Gasteiger partial charge in [-0.05, 0) is 56.6 Å². The zero-order valence-corrected chi connectivity index (χ0v) is 13.6. The summed E-state index contributed by atoms with van der Waals surface area (Å²) >= 11 is 0. The van der Waals surface area contributed by atoms with Crippen molar-refractivity contribution in [3.05, 3.63) is 29.8 Å². The van der Waals surface area contributed by atoms with Gasteiger partial charge in [-0.25, -0.2) is 17.9 Å². The molecule has 5 nitrogen and oxygen atoms in total. The molecular formula is C16H22N2O3S. The Labute approximate surface area is 131 Å². The van der Waals surface area contributed by atoms with Gasteiger partial charge in [-0.2, -0.15) is 0 Å². The third-order valence-corrected chi connectivity index (χ3v) is 6.10. The molecule has 4 rings (SSSR count). The number of carbonyl (C=O) groups excluding carboxylic acids is 1. The van der Waals surface area contributed by atoms with Gasteiger partial charge in [-0.15, -0.1) is 0 Å². The van der Waals surface area contributed by atoms with Crippen molar-refractivity contribution in [2.45, 2.75) is 37.5 Å². The average Bonchev–Trinajstić information content (AvgIpc) is 2.81. The molecule has 0 radical (unpaired) electrons. The van der Waals surface area contributed by atoms with Gasteiger partial charge in [0.1, 0.15) is 0 Å². The van der Waals surface area contributed by atoms with Crippen molar-refractivity contribution >= 4 is 16.1 Å². The van der Waals surface area contributed by atoms with Crippen LogP contribution in [0.15, 0.2) is 29.2 Å². The molecule has 22 heavy (non-hydrogen) atoms. The van der Waals surface area contributed by atoms with Crippen LogP contribution in [0.5, 0.6) is 0 Å². The van der Waals surface area contributed by atoms with E-state index >= 15 is 0 Å². The quantitative estimate of drug-likeness (QED) is 0.910. The molecule has 0 aromatic heterocycles. The monoisotopic (exact) mass is 322 g/mol. The van der Waals surface area contributed by atoms with Gasteiger partial charge in [0.15, 0.2) is 0 Å². The lowest BCUT2D eigenvalue weighted by atomic mass is 9.84. The third-order valence-electron chi connectivity index (χ3n) is 4.76. The summed E-state index contributed by atoms with van der Waals surface area (Å²) in [6.07, 6.45) is 4.61. The third kappa shape index (κ3) is 3.27. The van der Waals surface area contributed by atoms with Gasteiger partial charge in [0, 0.05) is 13.1 Å². The average molecular weight is 322 g/mol. The van der Waals surface area contributed by atoms with Gasteiger partial charge in [0.2, 0.25) is 0 Å². The molecule has 1 aromatic rings. The maximum atomic E-state index is 12.4. The summed E-state index contributed by atoms with van der Waals surface area (Å²) in [6.45, 7) is 3.24. The fourth-order valence-electron chi connectivity index (χ4n) is 3.42. The standard InChI is InChI=1S/C16H22N2O3S/c1-12-2-8-15(9-3-12)22(20,21)17-16(19)18-10-13-4-5-14(11-18)7-6-13/h2-3,8-9,13-14H,4-7,10-11H2,1H3,(H,17,19). The lowest BCUT2D eigenvalue weighted by Crippen LogP contribution is -2.44. The highest BCUT2D eigenvalue weighted by Gasteiger charge is 2.32. The van der Waals surface area contributed by atoms with Crippen molar-refractivity contribution in [2.24, 2.45) is 11.8 Å². The van der Waals surface area contributed by atoms with Gasteiger partial charge in [-0.3, -0.25) is 0 Å². The largest absolute Gasteiger partial charge is 0.331 e. The summed E-state index contributed by atoms with van der Waals surface area (Å²) in [7, 11) is -3.79. The van der Waals surface area contributed by atoms with Gasteiger partial charge in [0.05, 0.1) is 4.90 Å². The number of amides is 2. The van der Waals surface area contributed by atoms with Crippen LogP contribution in [0, 0.1) is 18.8 Å². The minimum Gasteiger partial charge on any atom is -0.323 e. The fourth-order valence-corrected chi connectivity index (χ4v) is 4.39. The van der Waals surface area contributed by atoms with Crippen molar-refractivity contribution in [2.75, 3.05) is 13.1 Å². The highest BCUT2D eigenvalue weighted by Crippen LogP contribution is 2.33. The van der Waals surface area contributed by atoms with E-state index in [9.17, 15) is 13.2 Å². The maximum absolute atomic E-state index is 12.4. The first-order chi connectivity index (χ1) is 10.4. The van der Waals surface area contributed by atoms with E-state index in [1.165, 1.54) is 12.1 Å². The second-order valence-electron chi connectivity index (χ2n) is 6.52. The number of hydrogen-bond acceptors (Lipinski definition) is 3. The number of carbonyl (C=O) groups is 1. The summed E-state index contributed by atoms with van der Waals surface area (Å²) in [5.74, 6) is 1.04. The Hall–Kier alpha value is -1.56. The van der Waals surface area contributed by atoms with Crippen LogP contribution in [0.25, 0.3) is 0 Å². The van der Waals surface area contributed by atoms with Crippen molar-refractivity contribution in [3.8, 4) is 0 Å². The number of urea groups is 1. The molecule has 2 saturated heterocycles. The molecule has 1 aliphatic carbocycles. The highest BCUT2D eigenvalue weighted by molar-refractivity contribution is 7.90. The number of fused-ring (bicyclic) bond motifs is 4. The number of sulfonamides is 1. The Kier molecular flexibility index (Phi) is 4.12. The van der Waals surface area contributed by atoms with E-state index in [0.29, 0.717) is 24.9 Å². The van der Waals surface area contributed by atoms with Crippen LogP contribution in [-0.4, -0.2) is 32.4 Å². The van der Waals surface area contributed by atoms with E-state index in [0.717, 1.165) is 31.2 Å². The number of rotatable bonds is 2. The van der Waals surface area contributed by atoms with E-state index in [2.05, 4.69) is 4.72 Å². The molecule has 3 fully saturated rings. The van der Waals surface area contributed by atoms with Crippen molar-refractivity contribution in [1.29, 1.82) is 0 Å². The molecule has 0 atom stereocenters. The van der Waals surface area contributed by atoms with Crippen LogP contribution in [-0.2, 0) is 10.0 Å². The second-order valence-corrected chi connectivity index (χ2v) is 8.20. The Morgan fingerprint density at radius 1 is 1.05 bits per heavy atom. The Morgan fingerprint density at radius 2 is 1.55 bits per heavy atom. The van der Waals surface area contributed by atoms with Crippen LogP contribution in [0.2, 0.25) is 0 Å². The van der Waals surface area contributed by atoms with Crippen molar-refractivity contribution in [3.63, 3.8) is 0 Å². The minimum atomic E-state index is -3.79. The number of nitrogens with one attached hydrogen (secondary N) is 1. The molecular weight excluding hydrogens is 300 g/mol. The van der Waals surface area contributed by atoms with Crippen LogP contribution in [0.1, 0.15) is 31.2 Å². The first-order valence-corrected chi connectivity index (χ1v) is 9.31. The fraction of sp³-hybridized carbons (Fsp3) is 0.562. The van der Waals surface area contributed by atoms with Crippen LogP contribution < -0.4 is 4.72 Å². The molecule has 6 heteroatoms. The van der Waals surface area contributed by atoms with Crippen LogP contribution in [0.3, 0.4) is 0 Å².